The fraction of sp³-hybridized carbons (Fsp3) is 0.571. The molecule has 228 valence electrons. The lowest BCUT2D eigenvalue weighted by Crippen LogP contribution is -2.55. The van der Waals surface area contributed by atoms with Crippen LogP contribution in [-0.4, -0.2) is 41.9 Å². The lowest BCUT2D eigenvalue weighted by Gasteiger charge is -2.46. The van der Waals surface area contributed by atoms with E-state index in [9.17, 15) is 18.8 Å². The van der Waals surface area contributed by atoms with E-state index in [2.05, 4.69) is 32.2 Å². The molecule has 1 N–H and O–H groups in total. The number of likely N-dealkylation sites (tertiary alicyclic amines) is 1. The molecule has 1 unspecified atom stereocenters. The SMILES string of the molecule is CCOC(=O)CCC1CCC([C@H]2C(C(=O)Nc3cccc(C(C)(C)C)c3)CCCN2C(=O)c2c(C)cccc2F)CC1. The number of esters is 1. The van der Waals surface area contributed by atoms with Gasteiger partial charge in [0.15, 0.2) is 0 Å². The minimum atomic E-state index is -0.521. The molecule has 1 saturated carbocycles. The van der Waals surface area contributed by atoms with E-state index in [1.807, 2.05) is 25.1 Å². The molecule has 0 aromatic heterocycles. The smallest absolute Gasteiger partial charge is 0.305 e. The van der Waals surface area contributed by atoms with E-state index in [4.69, 9.17) is 4.74 Å². The number of carbonyl (C=O) groups excluding carboxylic acids is 3. The molecule has 2 atom stereocenters. The van der Waals surface area contributed by atoms with Crippen molar-refractivity contribution in [1.29, 1.82) is 0 Å². The van der Waals surface area contributed by atoms with Crippen molar-refractivity contribution in [3.8, 4) is 0 Å². The molecular weight excluding hydrogens is 531 g/mol. The van der Waals surface area contributed by atoms with Crippen molar-refractivity contribution >= 4 is 23.5 Å². The highest BCUT2D eigenvalue weighted by Gasteiger charge is 2.44. The maximum absolute atomic E-state index is 15.0. The highest BCUT2D eigenvalue weighted by atomic mass is 19.1. The third kappa shape index (κ3) is 7.59. The van der Waals surface area contributed by atoms with Gasteiger partial charge in [-0.3, -0.25) is 14.4 Å². The van der Waals surface area contributed by atoms with Gasteiger partial charge in [-0.15, -0.1) is 0 Å². The second-order valence-corrected chi connectivity index (χ2v) is 13.1. The lowest BCUT2D eigenvalue weighted by atomic mass is 9.71. The number of piperidine rings is 1. The third-order valence-electron chi connectivity index (χ3n) is 9.15. The van der Waals surface area contributed by atoms with Gasteiger partial charge in [-0.2, -0.15) is 0 Å². The van der Waals surface area contributed by atoms with E-state index >= 15 is 0 Å². The van der Waals surface area contributed by atoms with Crippen molar-refractivity contribution in [2.45, 2.75) is 97.4 Å². The molecule has 2 amide bonds. The lowest BCUT2D eigenvalue weighted by molar-refractivity contribution is -0.143. The quantitative estimate of drug-likeness (QED) is 0.330. The van der Waals surface area contributed by atoms with E-state index in [0.717, 1.165) is 43.4 Å². The summed E-state index contributed by atoms with van der Waals surface area (Å²) in [6, 6.07) is 12.4. The van der Waals surface area contributed by atoms with E-state index in [1.165, 1.54) is 6.07 Å². The number of benzene rings is 2. The van der Waals surface area contributed by atoms with Gasteiger partial charge in [-0.1, -0.05) is 57.9 Å². The van der Waals surface area contributed by atoms with Crippen LogP contribution >= 0.6 is 0 Å². The van der Waals surface area contributed by atoms with Gasteiger partial charge in [0, 0.05) is 24.7 Å². The second-order valence-electron chi connectivity index (χ2n) is 13.1. The van der Waals surface area contributed by atoms with Gasteiger partial charge in [0.25, 0.3) is 5.91 Å². The molecule has 7 heteroatoms. The second kappa shape index (κ2) is 13.8. The van der Waals surface area contributed by atoms with Crippen LogP contribution in [0.5, 0.6) is 0 Å². The number of carbonyl (C=O) groups is 3. The number of hydrogen-bond donors (Lipinski definition) is 1. The first-order valence-electron chi connectivity index (χ1n) is 15.6. The van der Waals surface area contributed by atoms with Crippen molar-refractivity contribution in [2.75, 3.05) is 18.5 Å². The largest absolute Gasteiger partial charge is 0.466 e. The molecule has 2 aliphatic rings. The molecule has 1 aliphatic heterocycles. The Balaban J connectivity index is 1.57. The van der Waals surface area contributed by atoms with Crippen LogP contribution in [0.2, 0.25) is 0 Å². The predicted molar refractivity (Wildman–Crippen MR) is 164 cm³/mol. The zero-order chi connectivity index (χ0) is 30.4. The third-order valence-corrected chi connectivity index (χ3v) is 9.15. The number of aryl methyl sites for hydroxylation is 1. The van der Waals surface area contributed by atoms with E-state index in [-0.39, 0.29) is 40.7 Å². The Morgan fingerprint density at radius 3 is 2.40 bits per heavy atom. The molecule has 1 saturated heterocycles. The van der Waals surface area contributed by atoms with Crippen LogP contribution in [0.15, 0.2) is 42.5 Å². The van der Waals surface area contributed by atoms with Crippen molar-refractivity contribution < 1.29 is 23.5 Å². The standard InChI is InChI=1S/C35H47FN2O4/c1-6-42-30(39)20-17-24-15-18-25(19-16-24)32-28(33(40)37-27-12-8-11-26(22-27)35(3,4)5)13-9-21-38(32)34(41)31-23(2)10-7-14-29(31)36/h7-8,10-12,14,22,24-25,28,32H,6,9,13,15-21H2,1-5H3,(H,37,40)/t24?,25?,28?,32-/m0/s1. The Morgan fingerprint density at radius 2 is 1.74 bits per heavy atom. The number of amides is 2. The minimum Gasteiger partial charge on any atom is -0.466 e. The number of halogens is 1. The van der Waals surface area contributed by atoms with Gasteiger partial charge in [-0.25, -0.2) is 4.39 Å². The van der Waals surface area contributed by atoms with Crippen LogP contribution in [0.4, 0.5) is 10.1 Å². The highest BCUT2D eigenvalue weighted by Crippen LogP contribution is 2.41. The average molecular weight is 579 g/mol. The molecule has 4 rings (SSSR count). The molecule has 2 fully saturated rings. The van der Waals surface area contributed by atoms with Crippen LogP contribution in [0.1, 0.15) is 101 Å². The Bertz CT molecular complexity index is 1240. The molecule has 2 aromatic carbocycles. The molecule has 42 heavy (non-hydrogen) atoms. The van der Waals surface area contributed by atoms with Crippen LogP contribution in [-0.2, 0) is 19.7 Å². The van der Waals surface area contributed by atoms with Crippen molar-refractivity contribution in [3.63, 3.8) is 0 Å². The minimum absolute atomic E-state index is 0.0547. The fourth-order valence-corrected chi connectivity index (χ4v) is 6.84. The van der Waals surface area contributed by atoms with E-state index in [0.29, 0.717) is 43.9 Å². The number of ether oxygens (including phenoxy) is 1. The van der Waals surface area contributed by atoms with Gasteiger partial charge in [0.1, 0.15) is 5.82 Å². The van der Waals surface area contributed by atoms with Gasteiger partial charge in [0.2, 0.25) is 5.91 Å². The van der Waals surface area contributed by atoms with Crippen LogP contribution < -0.4 is 5.32 Å². The van der Waals surface area contributed by atoms with Gasteiger partial charge in [-0.05, 0) is 92.5 Å². The molecule has 1 heterocycles. The summed E-state index contributed by atoms with van der Waals surface area (Å²) in [5.41, 5.74) is 2.54. The maximum atomic E-state index is 15.0. The normalized spacial score (nSPS) is 22.9. The molecule has 0 bridgehead atoms. The maximum Gasteiger partial charge on any atom is 0.305 e. The zero-order valence-electron chi connectivity index (χ0n) is 25.9. The predicted octanol–water partition coefficient (Wildman–Crippen LogP) is 7.44. The molecule has 0 spiro atoms. The summed E-state index contributed by atoms with van der Waals surface area (Å²) in [4.78, 5) is 41.6. The molecule has 6 nitrogen and oxygen atoms in total. The zero-order valence-corrected chi connectivity index (χ0v) is 25.9. The summed E-state index contributed by atoms with van der Waals surface area (Å²) in [6.45, 7) is 10.9. The van der Waals surface area contributed by atoms with Crippen LogP contribution in [0.3, 0.4) is 0 Å². The molecule has 2 aromatic rings. The first-order chi connectivity index (χ1) is 20.0. The summed E-state index contributed by atoms with van der Waals surface area (Å²) < 4.78 is 20.1. The number of nitrogens with one attached hydrogen (secondary N) is 1. The van der Waals surface area contributed by atoms with E-state index < -0.39 is 11.7 Å². The first-order valence-corrected chi connectivity index (χ1v) is 15.6. The number of rotatable bonds is 8. The summed E-state index contributed by atoms with van der Waals surface area (Å²) in [6.07, 6.45) is 6.17. The highest BCUT2D eigenvalue weighted by molar-refractivity contribution is 5.98. The molecular formula is C35H47FN2O4. The Hall–Kier alpha value is -3.22. The first kappa shape index (κ1) is 31.7. The fourth-order valence-electron chi connectivity index (χ4n) is 6.84. The van der Waals surface area contributed by atoms with Gasteiger partial charge < -0.3 is 15.0 Å². The Labute approximate surface area is 250 Å². The van der Waals surface area contributed by atoms with Gasteiger partial charge >= 0.3 is 5.97 Å². The van der Waals surface area contributed by atoms with Gasteiger partial charge in [0.05, 0.1) is 18.1 Å². The summed E-state index contributed by atoms with van der Waals surface area (Å²) in [5.74, 6) is -0.945. The topological polar surface area (TPSA) is 75.7 Å². The van der Waals surface area contributed by atoms with Crippen LogP contribution in [0.25, 0.3) is 0 Å². The van der Waals surface area contributed by atoms with Crippen molar-refractivity contribution in [1.82, 2.24) is 4.90 Å². The van der Waals surface area contributed by atoms with Crippen molar-refractivity contribution in [2.24, 2.45) is 17.8 Å². The monoisotopic (exact) mass is 578 g/mol. The molecule has 1 aliphatic carbocycles. The number of nitrogens with zero attached hydrogens (tertiary/aromatic N) is 1. The van der Waals surface area contributed by atoms with E-state index in [1.54, 1.807) is 24.0 Å². The number of hydrogen-bond acceptors (Lipinski definition) is 4. The average Bonchev–Trinajstić information content (AvgIpc) is 2.95. The number of anilines is 1. The summed E-state index contributed by atoms with van der Waals surface area (Å²) >= 11 is 0. The Kier molecular flexibility index (Phi) is 10.4. The van der Waals surface area contributed by atoms with Crippen LogP contribution in [0, 0.1) is 30.5 Å². The molecule has 0 radical (unpaired) electrons. The Morgan fingerprint density at radius 1 is 1.02 bits per heavy atom. The summed E-state index contributed by atoms with van der Waals surface area (Å²) in [5, 5.41) is 3.17. The van der Waals surface area contributed by atoms with Crippen molar-refractivity contribution in [3.05, 3.63) is 65.0 Å². The summed E-state index contributed by atoms with van der Waals surface area (Å²) in [7, 11) is 0.